The van der Waals surface area contributed by atoms with Gasteiger partial charge in [0.25, 0.3) is 0 Å². The summed E-state index contributed by atoms with van der Waals surface area (Å²) in [5, 5.41) is 4.17. The Balaban J connectivity index is 2.05. The number of pyridine rings is 1. The fourth-order valence-corrected chi connectivity index (χ4v) is 1.81. The maximum absolute atomic E-state index is 5.67. The Morgan fingerprint density at radius 3 is 2.77 bits per heavy atom. The molecule has 5 nitrogen and oxygen atoms in total. The zero-order valence-electron chi connectivity index (χ0n) is 13.0. The maximum Gasteiger partial charge on any atom is 0.161 e. The van der Waals surface area contributed by atoms with Crippen LogP contribution in [0.25, 0.3) is 0 Å². The topological polar surface area (TPSA) is 55.7 Å². The molecule has 0 amide bonds. The van der Waals surface area contributed by atoms with Crippen LogP contribution in [-0.2, 0) is 0 Å². The third kappa shape index (κ3) is 4.77. The van der Waals surface area contributed by atoms with Gasteiger partial charge < -0.3 is 9.47 Å². The first-order valence-corrected chi connectivity index (χ1v) is 7.43. The number of anilines is 1. The van der Waals surface area contributed by atoms with E-state index < -0.39 is 0 Å². The normalized spacial score (nSPS) is 10.6. The Labute approximate surface area is 131 Å². The van der Waals surface area contributed by atoms with E-state index in [1.54, 1.807) is 12.4 Å². The number of ether oxygens (including phenoxy) is 2. The van der Waals surface area contributed by atoms with Crippen molar-refractivity contribution in [2.24, 2.45) is 5.10 Å². The van der Waals surface area contributed by atoms with Crippen LogP contribution < -0.4 is 14.9 Å². The Bertz CT molecular complexity index is 600. The van der Waals surface area contributed by atoms with Gasteiger partial charge >= 0.3 is 0 Å². The quantitative estimate of drug-likeness (QED) is 0.596. The number of hydrazone groups is 1. The fourth-order valence-electron chi connectivity index (χ4n) is 1.81. The molecule has 0 radical (unpaired) electrons. The molecule has 22 heavy (non-hydrogen) atoms. The summed E-state index contributed by atoms with van der Waals surface area (Å²) in [4.78, 5) is 4.14. The van der Waals surface area contributed by atoms with Crippen molar-refractivity contribution in [1.82, 2.24) is 4.98 Å². The third-order valence-electron chi connectivity index (χ3n) is 2.79. The molecular weight excluding hydrogens is 278 g/mol. The van der Waals surface area contributed by atoms with E-state index in [2.05, 4.69) is 22.4 Å². The highest BCUT2D eigenvalue weighted by Crippen LogP contribution is 2.28. The molecule has 116 valence electrons. The molecule has 1 heterocycles. The molecule has 0 atom stereocenters. The van der Waals surface area contributed by atoms with E-state index in [9.17, 15) is 0 Å². The van der Waals surface area contributed by atoms with Crippen molar-refractivity contribution in [3.63, 3.8) is 0 Å². The minimum absolute atomic E-state index is 0.593. The SMILES string of the molecule is CCCOc1ccc(/C=N\Nc2ccccn2)cc1OCC. The van der Waals surface area contributed by atoms with Crippen LogP contribution in [-0.4, -0.2) is 24.4 Å². The number of nitrogens with zero attached hydrogens (tertiary/aromatic N) is 2. The van der Waals surface area contributed by atoms with Gasteiger partial charge in [-0.05, 0) is 49.2 Å². The van der Waals surface area contributed by atoms with Crippen LogP contribution in [0.15, 0.2) is 47.7 Å². The highest BCUT2D eigenvalue weighted by molar-refractivity contribution is 5.81. The van der Waals surface area contributed by atoms with Gasteiger partial charge in [0.15, 0.2) is 11.5 Å². The van der Waals surface area contributed by atoms with Crippen LogP contribution in [0.5, 0.6) is 11.5 Å². The van der Waals surface area contributed by atoms with E-state index >= 15 is 0 Å². The van der Waals surface area contributed by atoms with Gasteiger partial charge in [0, 0.05) is 6.20 Å². The molecule has 0 saturated carbocycles. The van der Waals surface area contributed by atoms with Crippen molar-refractivity contribution >= 4 is 12.0 Å². The molecule has 0 aliphatic carbocycles. The standard InChI is InChI=1S/C17H21N3O2/c1-3-11-22-15-9-8-14(12-16(15)21-4-2)13-19-20-17-7-5-6-10-18-17/h5-10,12-13H,3-4,11H2,1-2H3,(H,18,20)/b19-13-. The number of rotatable bonds is 8. The van der Waals surface area contributed by atoms with Crippen LogP contribution in [0.3, 0.4) is 0 Å². The third-order valence-corrected chi connectivity index (χ3v) is 2.79. The lowest BCUT2D eigenvalue weighted by atomic mass is 10.2. The first kappa shape index (κ1) is 15.8. The second kappa shape index (κ2) is 8.67. The summed E-state index contributed by atoms with van der Waals surface area (Å²) < 4.78 is 11.3. The average Bonchev–Trinajstić information content (AvgIpc) is 2.55. The maximum atomic E-state index is 5.67. The molecule has 1 aromatic heterocycles. The van der Waals surface area contributed by atoms with Crippen LogP contribution in [0.1, 0.15) is 25.8 Å². The lowest BCUT2D eigenvalue weighted by molar-refractivity contribution is 0.277. The summed E-state index contributed by atoms with van der Waals surface area (Å²) in [6.45, 7) is 5.29. The summed E-state index contributed by atoms with van der Waals surface area (Å²) in [5.74, 6) is 2.20. The lowest BCUT2D eigenvalue weighted by Gasteiger charge is -2.11. The summed E-state index contributed by atoms with van der Waals surface area (Å²) in [7, 11) is 0. The van der Waals surface area contributed by atoms with Crippen LogP contribution in [0, 0.1) is 0 Å². The molecule has 2 aromatic rings. The number of hydrogen-bond donors (Lipinski definition) is 1. The second-order valence-corrected chi connectivity index (χ2v) is 4.57. The van der Waals surface area contributed by atoms with Gasteiger partial charge in [-0.3, -0.25) is 5.43 Å². The van der Waals surface area contributed by atoms with Crippen molar-refractivity contribution in [2.45, 2.75) is 20.3 Å². The Morgan fingerprint density at radius 1 is 1.14 bits per heavy atom. The molecular formula is C17H21N3O2. The van der Waals surface area contributed by atoms with Gasteiger partial charge in [0.2, 0.25) is 0 Å². The minimum atomic E-state index is 0.593. The number of nitrogens with one attached hydrogen (secondary N) is 1. The lowest BCUT2D eigenvalue weighted by Crippen LogP contribution is -2.01. The largest absolute Gasteiger partial charge is 0.490 e. The Morgan fingerprint density at radius 2 is 2.05 bits per heavy atom. The summed E-state index contributed by atoms with van der Waals surface area (Å²) in [6, 6.07) is 11.4. The monoisotopic (exact) mass is 299 g/mol. The predicted octanol–water partition coefficient (Wildman–Crippen LogP) is 3.72. The fraction of sp³-hybridized carbons (Fsp3) is 0.294. The van der Waals surface area contributed by atoms with E-state index in [4.69, 9.17) is 9.47 Å². The molecule has 0 bridgehead atoms. The van der Waals surface area contributed by atoms with Crippen LogP contribution in [0.2, 0.25) is 0 Å². The first-order chi connectivity index (χ1) is 10.8. The molecule has 0 aliphatic rings. The molecule has 2 rings (SSSR count). The van der Waals surface area contributed by atoms with Gasteiger partial charge in [-0.1, -0.05) is 13.0 Å². The zero-order chi connectivity index (χ0) is 15.6. The molecule has 0 fully saturated rings. The second-order valence-electron chi connectivity index (χ2n) is 4.57. The van der Waals surface area contributed by atoms with Crippen molar-refractivity contribution in [3.8, 4) is 11.5 Å². The van der Waals surface area contributed by atoms with Crippen LogP contribution >= 0.6 is 0 Å². The van der Waals surface area contributed by atoms with Gasteiger partial charge in [0.05, 0.1) is 19.4 Å². The predicted molar refractivity (Wildman–Crippen MR) is 88.9 cm³/mol. The highest BCUT2D eigenvalue weighted by Gasteiger charge is 2.05. The molecule has 5 heteroatoms. The molecule has 1 N–H and O–H groups in total. The molecule has 1 aromatic carbocycles. The molecule has 0 saturated heterocycles. The first-order valence-electron chi connectivity index (χ1n) is 7.43. The van der Waals surface area contributed by atoms with E-state index in [0.717, 1.165) is 23.5 Å². The van der Waals surface area contributed by atoms with E-state index in [-0.39, 0.29) is 0 Å². The van der Waals surface area contributed by atoms with E-state index in [0.29, 0.717) is 19.0 Å². The summed E-state index contributed by atoms with van der Waals surface area (Å²) in [5.41, 5.74) is 3.81. The zero-order valence-corrected chi connectivity index (χ0v) is 13.0. The average molecular weight is 299 g/mol. The van der Waals surface area contributed by atoms with Gasteiger partial charge in [-0.25, -0.2) is 4.98 Å². The summed E-state index contributed by atoms with van der Waals surface area (Å²) >= 11 is 0. The van der Waals surface area contributed by atoms with E-state index in [1.165, 1.54) is 0 Å². The Kier molecular flexibility index (Phi) is 6.23. The number of hydrogen-bond acceptors (Lipinski definition) is 5. The van der Waals surface area contributed by atoms with Crippen LogP contribution in [0.4, 0.5) is 5.82 Å². The van der Waals surface area contributed by atoms with Gasteiger partial charge in [-0.2, -0.15) is 5.10 Å². The number of benzene rings is 1. The minimum Gasteiger partial charge on any atom is -0.490 e. The Hall–Kier alpha value is -2.56. The molecule has 0 aliphatic heterocycles. The number of aromatic nitrogens is 1. The smallest absolute Gasteiger partial charge is 0.161 e. The van der Waals surface area contributed by atoms with Gasteiger partial charge in [-0.15, -0.1) is 0 Å². The van der Waals surface area contributed by atoms with Crippen molar-refractivity contribution in [3.05, 3.63) is 48.2 Å². The van der Waals surface area contributed by atoms with Crippen molar-refractivity contribution in [1.29, 1.82) is 0 Å². The van der Waals surface area contributed by atoms with Gasteiger partial charge in [0.1, 0.15) is 5.82 Å². The van der Waals surface area contributed by atoms with Crippen molar-refractivity contribution < 1.29 is 9.47 Å². The molecule has 0 unspecified atom stereocenters. The summed E-state index contributed by atoms with van der Waals surface area (Å²) in [6.07, 6.45) is 4.40. The highest BCUT2D eigenvalue weighted by atomic mass is 16.5. The molecule has 0 spiro atoms. The van der Waals surface area contributed by atoms with E-state index in [1.807, 2.05) is 43.3 Å². The van der Waals surface area contributed by atoms with Crippen molar-refractivity contribution in [2.75, 3.05) is 18.6 Å².